The number of anilines is 1. The third kappa shape index (κ3) is 4.31. The van der Waals surface area contributed by atoms with E-state index in [0.29, 0.717) is 5.82 Å². The number of carbonyl (C=O) groups excluding carboxylic acids is 2. The molecule has 6 nitrogen and oxygen atoms in total. The third-order valence-electron chi connectivity index (χ3n) is 1.91. The van der Waals surface area contributed by atoms with Gasteiger partial charge in [0.15, 0.2) is 0 Å². The molecular weight excluding hydrogens is 240 g/mol. The highest BCUT2D eigenvalue weighted by Crippen LogP contribution is 2.22. The van der Waals surface area contributed by atoms with Crippen molar-refractivity contribution in [1.29, 1.82) is 0 Å². The van der Waals surface area contributed by atoms with Crippen molar-refractivity contribution in [3.63, 3.8) is 0 Å². The lowest BCUT2D eigenvalue weighted by atomic mass is 10.4. The molecule has 3 amide bonds. The lowest BCUT2D eigenvalue weighted by Gasteiger charge is -2.10. The maximum atomic E-state index is 11.5. The van der Waals surface area contributed by atoms with Crippen molar-refractivity contribution in [3.8, 4) is 0 Å². The maximum absolute atomic E-state index is 11.5. The Morgan fingerprint density at radius 2 is 2.18 bits per heavy atom. The molecule has 1 atom stereocenters. The van der Waals surface area contributed by atoms with Gasteiger partial charge < -0.3 is 11.1 Å². The summed E-state index contributed by atoms with van der Waals surface area (Å²) < 4.78 is 0. The largest absolute Gasteiger partial charge is 0.384 e. The minimum atomic E-state index is -0.516. The Labute approximate surface area is 103 Å². The molecule has 0 saturated carbocycles. The second-order valence-corrected chi connectivity index (χ2v) is 4.66. The van der Waals surface area contributed by atoms with Gasteiger partial charge in [0.1, 0.15) is 5.82 Å². The van der Waals surface area contributed by atoms with Gasteiger partial charge in [-0.15, -0.1) is 11.8 Å². The van der Waals surface area contributed by atoms with E-state index in [2.05, 4.69) is 15.6 Å². The summed E-state index contributed by atoms with van der Waals surface area (Å²) >= 11 is 1.30. The van der Waals surface area contributed by atoms with Gasteiger partial charge in [-0.25, -0.2) is 9.78 Å². The number of imide groups is 1. The van der Waals surface area contributed by atoms with Crippen molar-refractivity contribution in [2.24, 2.45) is 0 Å². The molecule has 17 heavy (non-hydrogen) atoms. The van der Waals surface area contributed by atoms with Crippen LogP contribution in [-0.4, -0.2) is 29.2 Å². The second-order valence-electron chi connectivity index (χ2n) is 3.25. The summed E-state index contributed by atoms with van der Waals surface area (Å²) in [4.78, 5) is 27.2. The van der Waals surface area contributed by atoms with Crippen LogP contribution < -0.4 is 16.4 Å². The molecular formula is C10H14N4O2S. The zero-order valence-electron chi connectivity index (χ0n) is 9.56. The number of rotatable bonds is 3. The van der Waals surface area contributed by atoms with E-state index in [1.54, 1.807) is 25.3 Å². The summed E-state index contributed by atoms with van der Waals surface area (Å²) in [5.41, 5.74) is 5.45. The molecule has 4 N–H and O–H groups in total. The van der Waals surface area contributed by atoms with Gasteiger partial charge in [-0.1, -0.05) is 0 Å². The van der Waals surface area contributed by atoms with Crippen LogP contribution in [0.3, 0.4) is 0 Å². The van der Waals surface area contributed by atoms with Crippen molar-refractivity contribution in [2.75, 3.05) is 12.8 Å². The molecule has 1 unspecified atom stereocenters. The van der Waals surface area contributed by atoms with Crippen LogP contribution in [0.5, 0.6) is 0 Å². The number of nitrogens with one attached hydrogen (secondary N) is 2. The number of nitrogen functional groups attached to an aromatic ring is 1. The number of thioether (sulfide) groups is 1. The van der Waals surface area contributed by atoms with E-state index in [-0.39, 0.29) is 5.91 Å². The standard InChI is InChI=1S/C10H14N4O2S/c1-6(9(15)14-10(16)12-2)17-7-3-4-8(11)13-5-7/h3-6H,1-2H3,(H2,11,13)(H2,12,14,15,16). The van der Waals surface area contributed by atoms with Gasteiger partial charge in [-0.2, -0.15) is 0 Å². The van der Waals surface area contributed by atoms with Crippen molar-refractivity contribution < 1.29 is 9.59 Å². The fraction of sp³-hybridized carbons (Fsp3) is 0.300. The van der Waals surface area contributed by atoms with Crippen molar-refractivity contribution in [2.45, 2.75) is 17.1 Å². The quantitative estimate of drug-likeness (QED) is 0.686. The summed E-state index contributed by atoms with van der Waals surface area (Å²) in [7, 11) is 1.45. The van der Waals surface area contributed by atoms with Gasteiger partial charge in [0.2, 0.25) is 5.91 Å². The first-order valence-electron chi connectivity index (χ1n) is 4.93. The Balaban J connectivity index is 2.54. The molecule has 0 spiro atoms. The molecule has 92 valence electrons. The number of carbonyl (C=O) groups is 2. The van der Waals surface area contributed by atoms with Crippen LogP contribution in [0, 0.1) is 0 Å². The van der Waals surface area contributed by atoms with Crippen LogP contribution in [0.25, 0.3) is 0 Å². The average Bonchev–Trinajstić information content (AvgIpc) is 2.31. The fourth-order valence-corrected chi connectivity index (χ4v) is 1.83. The molecule has 1 rings (SSSR count). The lowest BCUT2D eigenvalue weighted by Crippen LogP contribution is -2.41. The Kier molecular flexibility index (Phi) is 4.77. The first-order chi connectivity index (χ1) is 8.02. The highest BCUT2D eigenvalue weighted by molar-refractivity contribution is 8.00. The first-order valence-corrected chi connectivity index (χ1v) is 5.81. The van der Waals surface area contributed by atoms with Crippen molar-refractivity contribution in [1.82, 2.24) is 15.6 Å². The number of hydrogen-bond donors (Lipinski definition) is 3. The van der Waals surface area contributed by atoms with Crippen LogP contribution in [0.15, 0.2) is 23.2 Å². The highest BCUT2D eigenvalue weighted by atomic mass is 32.2. The van der Waals surface area contributed by atoms with E-state index in [1.807, 2.05) is 0 Å². The number of amides is 3. The van der Waals surface area contributed by atoms with E-state index in [1.165, 1.54) is 18.8 Å². The first kappa shape index (κ1) is 13.3. The van der Waals surface area contributed by atoms with Crippen LogP contribution in [0.4, 0.5) is 10.6 Å². The number of hydrogen-bond acceptors (Lipinski definition) is 5. The van der Waals surface area contributed by atoms with Crippen LogP contribution in [0.1, 0.15) is 6.92 Å². The van der Waals surface area contributed by atoms with Crippen LogP contribution in [-0.2, 0) is 4.79 Å². The molecule has 0 radical (unpaired) electrons. The molecule has 0 saturated heterocycles. The number of nitrogens with two attached hydrogens (primary N) is 1. The maximum Gasteiger partial charge on any atom is 0.321 e. The van der Waals surface area contributed by atoms with Crippen molar-refractivity contribution >= 4 is 29.5 Å². The van der Waals surface area contributed by atoms with Gasteiger partial charge in [0, 0.05) is 18.1 Å². The monoisotopic (exact) mass is 254 g/mol. The number of pyridine rings is 1. The topological polar surface area (TPSA) is 97.1 Å². The molecule has 0 aliphatic carbocycles. The number of nitrogens with zero attached hydrogens (tertiary/aromatic N) is 1. The average molecular weight is 254 g/mol. The van der Waals surface area contributed by atoms with Gasteiger partial charge in [-0.3, -0.25) is 10.1 Å². The second kappa shape index (κ2) is 6.09. The smallest absolute Gasteiger partial charge is 0.321 e. The molecule has 0 aliphatic rings. The van der Waals surface area contributed by atoms with Gasteiger partial charge in [0.05, 0.1) is 5.25 Å². The summed E-state index contributed by atoms with van der Waals surface area (Å²) in [6.45, 7) is 1.71. The molecule has 7 heteroatoms. The van der Waals surface area contributed by atoms with Crippen LogP contribution >= 0.6 is 11.8 Å². The van der Waals surface area contributed by atoms with Crippen LogP contribution in [0.2, 0.25) is 0 Å². The van der Waals surface area contributed by atoms with Gasteiger partial charge in [0.25, 0.3) is 0 Å². The van der Waals surface area contributed by atoms with E-state index in [0.717, 1.165) is 4.90 Å². The lowest BCUT2D eigenvalue weighted by molar-refractivity contribution is -0.119. The fourth-order valence-electron chi connectivity index (χ4n) is 0.995. The SMILES string of the molecule is CNC(=O)NC(=O)C(C)Sc1ccc(N)nc1. The third-order valence-corrected chi connectivity index (χ3v) is 2.99. The highest BCUT2D eigenvalue weighted by Gasteiger charge is 2.16. The molecule has 1 heterocycles. The van der Waals surface area contributed by atoms with Gasteiger partial charge in [-0.05, 0) is 19.1 Å². The van der Waals surface area contributed by atoms with E-state index < -0.39 is 11.3 Å². The van der Waals surface area contributed by atoms with Gasteiger partial charge >= 0.3 is 6.03 Å². The molecule has 0 bridgehead atoms. The predicted octanol–water partition coefficient (Wildman–Crippen LogP) is 0.600. The summed E-state index contributed by atoms with van der Waals surface area (Å²) in [6.07, 6.45) is 1.59. The Morgan fingerprint density at radius 1 is 1.47 bits per heavy atom. The Morgan fingerprint density at radius 3 is 2.71 bits per heavy atom. The van der Waals surface area contributed by atoms with E-state index in [4.69, 9.17) is 5.73 Å². The number of aromatic nitrogens is 1. The minimum absolute atomic E-state index is 0.355. The zero-order valence-corrected chi connectivity index (χ0v) is 10.4. The number of urea groups is 1. The summed E-state index contributed by atoms with van der Waals surface area (Å²) in [6, 6.07) is 2.92. The minimum Gasteiger partial charge on any atom is -0.384 e. The summed E-state index contributed by atoms with van der Waals surface area (Å²) in [5, 5.41) is 4.13. The van der Waals surface area contributed by atoms with E-state index in [9.17, 15) is 9.59 Å². The normalized spacial score (nSPS) is 11.6. The summed E-state index contributed by atoms with van der Waals surface area (Å²) in [5.74, 6) is 0.0722. The van der Waals surface area contributed by atoms with E-state index >= 15 is 0 Å². The Hall–Kier alpha value is -1.76. The van der Waals surface area contributed by atoms with Crippen molar-refractivity contribution in [3.05, 3.63) is 18.3 Å². The molecule has 0 aromatic carbocycles. The predicted molar refractivity (Wildman–Crippen MR) is 66.6 cm³/mol. The molecule has 0 fully saturated rings. The molecule has 1 aromatic heterocycles. The Bertz CT molecular complexity index is 407. The molecule has 0 aliphatic heterocycles. The molecule has 1 aromatic rings. The zero-order chi connectivity index (χ0) is 12.8.